The van der Waals surface area contributed by atoms with Crippen LogP contribution in [0.5, 0.6) is 0 Å². The maximum absolute atomic E-state index is 11.3. The van der Waals surface area contributed by atoms with Crippen LogP contribution in [0.2, 0.25) is 0 Å². The van der Waals surface area contributed by atoms with Gasteiger partial charge in [0.15, 0.2) is 0 Å². The van der Waals surface area contributed by atoms with Crippen LogP contribution >= 0.6 is 0 Å². The van der Waals surface area contributed by atoms with Gasteiger partial charge in [-0.3, -0.25) is 0 Å². The fourth-order valence-electron chi connectivity index (χ4n) is 2.63. The molecule has 4 nitrogen and oxygen atoms in total. The topological polar surface area (TPSA) is 58.3 Å². The van der Waals surface area contributed by atoms with E-state index in [-0.39, 0.29) is 6.54 Å². The molecule has 0 saturated heterocycles. The third kappa shape index (κ3) is 2.79. The molecule has 0 amide bonds. The lowest BCUT2D eigenvalue weighted by atomic mass is 9.84. The summed E-state index contributed by atoms with van der Waals surface area (Å²) >= 11 is 0. The molecule has 22 heavy (non-hydrogen) atoms. The van der Waals surface area contributed by atoms with Crippen molar-refractivity contribution in [2.45, 2.75) is 18.2 Å². The molecule has 1 aromatic heterocycles. The fourth-order valence-corrected chi connectivity index (χ4v) is 2.63. The molecule has 0 bridgehead atoms. The van der Waals surface area contributed by atoms with E-state index in [4.69, 9.17) is 0 Å². The Hall–Kier alpha value is -2.43. The Kier molecular flexibility index (Phi) is 4.04. The first-order chi connectivity index (χ1) is 10.7. The molecule has 1 heterocycles. The van der Waals surface area contributed by atoms with Gasteiger partial charge in [-0.25, -0.2) is 4.98 Å². The highest BCUT2D eigenvalue weighted by Gasteiger charge is 2.38. The standard InChI is InChI=1S/C18H18N2O2/c21-17(15-7-3-1-4-8-15)18(22,13-20-12-11-19-14-20)16-9-5-2-6-10-16/h1-12,14,17,21-22H,13H2. The molecule has 0 saturated carbocycles. The van der Waals surface area contributed by atoms with Crippen molar-refractivity contribution in [3.05, 3.63) is 90.5 Å². The third-order valence-corrected chi connectivity index (χ3v) is 3.82. The van der Waals surface area contributed by atoms with Crippen LogP contribution in [-0.4, -0.2) is 19.8 Å². The zero-order valence-corrected chi connectivity index (χ0v) is 12.1. The van der Waals surface area contributed by atoms with Crippen LogP contribution in [0.3, 0.4) is 0 Å². The molecule has 3 rings (SSSR count). The lowest BCUT2D eigenvalue weighted by Crippen LogP contribution is -2.38. The third-order valence-electron chi connectivity index (χ3n) is 3.82. The van der Waals surface area contributed by atoms with Crippen LogP contribution in [0.4, 0.5) is 0 Å². The fraction of sp³-hybridized carbons (Fsp3) is 0.167. The molecule has 0 spiro atoms. The SMILES string of the molecule is OC(c1ccccc1)C(O)(Cn1ccnc1)c1ccccc1. The number of imidazole rings is 1. The predicted octanol–water partition coefficient (Wildman–Crippen LogP) is 2.50. The molecular formula is C18H18N2O2. The number of aliphatic hydroxyl groups excluding tert-OH is 1. The zero-order chi connectivity index (χ0) is 15.4. The Labute approximate surface area is 129 Å². The van der Waals surface area contributed by atoms with Crippen LogP contribution in [0.1, 0.15) is 17.2 Å². The molecule has 112 valence electrons. The molecule has 2 aromatic carbocycles. The van der Waals surface area contributed by atoms with E-state index in [1.807, 2.05) is 60.7 Å². The van der Waals surface area contributed by atoms with Gasteiger partial charge < -0.3 is 14.8 Å². The van der Waals surface area contributed by atoms with Gasteiger partial charge in [0.25, 0.3) is 0 Å². The van der Waals surface area contributed by atoms with Gasteiger partial charge in [0.2, 0.25) is 0 Å². The monoisotopic (exact) mass is 294 g/mol. The average Bonchev–Trinajstić information content (AvgIpc) is 3.08. The molecule has 4 heteroatoms. The molecule has 0 aliphatic rings. The van der Waals surface area contributed by atoms with Crippen LogP contribution in [0, 0.1) is 0 Å². The highest BCUT2D eigenvalue weighted by molar-refractivity contribution is 5.29. The highest BCUT2D eigenvalue weighted by Crippen LogP contribution is 2.36. The summed E-state index contributed by atoms with van der Waals surface area (Å²) in [6, 6.07) is 18.4. The van der Waals surface area contributed by atoms with Gasteiger partial charge >= 0.3 is 0 Å². The number of rotatable bonds is 5. The maximum atomic E-state index is 11.3. The summed E-state index contributed by atoms with van der Waals surface area (Å²) in [7, 11) is 0. The maximum Gasteiger partial charge on any atom is 0.137 e. The van der Waals surface area contributed by atoms with Crippen LogP contribution in [0.15, 0.2) is 79.4 Å². The lowest BCUT2D eigenvalue weighted by Gasteiger charge is -2.34. The minimum atomic E-state index is -1.44. The van der Waals surface area contributed by atoms with E-state index in [1.165, 1.54) is 0 Å². The van der Waals surface area contributed by atoms with E-state index in [9.17, 15) is 10.2 Å². The van der Waals surface area contributed by atoms with Gasteiger partial charge in [-0.15, -0.1) is 0 Å². The summed E-state index contributed by atoms with van der Waals surface area (Å²) in [4.78, 5) is 4.00. The van der Waals surface area contributed by atoms with Crippen molar-refractivity contribution in [3.63, 3.8) is 0 Å². The number of aliphatic hydroxyl groups is 2. The summed E-state index contributed by atoms with van der Waals surface area (Å²) in [5.41, 5.74) is -0.0995. The second-order valence-electron chi connectivity index (χ2n) is 5.34. The number of aromatic nitrogens is 2. The van der Waals surface area contributed by atoms with Gasteiger partial charge in [0, 0.05) is 12.4 Å². The van der Waals surface area contributed by atoms with E-state index in [0.717, 1.165) is 0 Å². The van der Waals surface area contributed by atoms with Crippen LogP contribution < -0.4 is 0 Å². The largest absolute Gasteiger partial charge is 0.385 e. The number of nitrogens with zero attached hydrogens (tertiary/aromatic N) is 2. The van der Waals surface area contributed by atoms with E-state index in [1.54, 1.807) is 23.3 Å². The van der Waals surface area contributed by atoms with Crippen LogP contribution in [0.25, 0.3) is 0 Å². The summed E-state index contributed by atoms with van der Waals surface area (Å²) < 4.78 is 1.76. The summed E-state index contributed by atoms with van der Waals surface area (Å²) in [6.07, 6.45) is 4.01. The van der Waals surface area contributed by atoms with Crippen molar-refractivity contribution >= 4 is 0 Å². The van der Waals surface area contributed by atoms with Crippen molar-refractivity contribution in [3.8, 4) is 0 Å². The van der Waals surface area contributed by atoms with Gasteiger partial charge in [-0.05, 0) is 11.1 Å². The summed E-state index contributed by atoms with van der Waals surface area (Å²) in [6.45, 7) is 0.215. The minimum Gasteiger partial charge on any atom is -0.385 e. The molecule has 0 fully saturated rings. The highest BCUT2D eigenvalue weighted by atomic mass is 16.3. The quantitative estimate of drug-likeness (QED) is 0.760. The summed E-state index contributed by atoms with van der Waals surface area (Å²) in [5, 5.41) is 22.1. The molecular weight excluding hydrogens is 276 g/mol. The van der Waals surface area contributed by atoms with Gasteiger partial charge in [0.1, 0.15) is 11.7 Å². The Balaban J connectivity index is 2.02. The number of hydrogen-bond acceptors (Lipinski definition) is 3. The molecule has 0 radical (unpaired) electrons. The van der Waals surface area contributed by atoms with Crippen molar-refractivity contribution in [2.24, 2.45) is 0 Å². The Bertz CT molecular complexity index is 698. The Morgan fingerprint density at radius 3 is 2.23 bits per heavy atom. The average molecular weight is 294 g/mol. The first-order valence-corrected chi connectivity index (χ1v) is 7.17. The predicted molar refractivity (Wildman–Crippen MR) is 84.0 cm³/mol. The van der Waals surface area contributed by atoms with E-state index >= 15 is 0 Å². The van der Waals surface area contributed by atoms with Crippen molar-refractivity contribution in [1.82, 2.24) is 9.55 Å². The Morgan fingerprint density at radius 1 is 1.00 bits per heavy atom. The Morgan fingerprint density at radius 2 is 1.64 bits per heavy atom. The van der Waals surface area contributed by atoms with Gasteiger partial charge in [-0.2, -0.15) is 0 Å². The second-order valence-corrected chi connectivity index (χ2v) is 5.34. The second kappa shape index (κ2) is 6.13. The number of benzene rings is 2. The zero-order valence-electron chi connectivity index (χ0n) is 12.1. The molecule has 2 atom stereocenters. The molecule has 3 aromatic rings. The normalized spacial score (nSPS) is 15.2. The van der Waals surface area contributed by atoms with Crippen molar-refractivity contribution < 1.29 is 10.2 Å². The van der Waals surface area contributed by atoms with E-state index < -0.39 is 11.7 Å². The van der Waals surface area contributed by atoms with E-state index in [2.05, 4.69) is 4.98 Å². The molecule has 2 N–H and O–H groups in total. The smallest absolute Gasteiger partial charge is 0.137 e. The minimum absolute atomic E-state index is 0.215. The first kappa shape index (κ1) is 14.5. The van der Waals surface area contributed by atoms with Gasteiger partial charge in [0.05, 0.1) is 12.9 Å². The molecule has 0 aliphatic heterocycles. The van der Waals surface area contributed by atoms with Crippen molar-refractivity contribution in [2.75, 3.05) is 0 Å². The lowest BCUT2D eigenvalue weighted by molar-refractivity contribution is -0.0946. The summed E-state index contributed by atoms with van der Waals surface area (Å²) in [5.74, 6) is 0. The molecule has 2 unspecified atom stereocenters. The van der Waals surface area contributed by atoms with E-state index in [0.29, 0.717) is 11.1 Å². The van der Waals surface area contributed by atoms with Gasteiger partial charge in [-0.1, -0.05) is 60.7 Å². The first-order valence-electron chi connectivity index (χ1n) is 7.17. The molecule has 0 aliphatic carbocycles. The van der Waals surface area contributed by atoms with Crippen LogP contribution in [-0.2, 0) is 12.1 Å². The van der Waals surface area contributed by atoms with Crippen molar-refractivity contribution in [1.29, 1.82) is 0 Å². The number of hydrogen-bond donors (Lipinski definition) is 2.